The first-order valence-corrected chi connectivity index (χ1v) is 14.0. The normalized spacial score (nSPS) is 19.6. The number of nitriles is 1. The molecular weight excluding hydrogens is 533 g/mol. The van der Waals surface area contributed by atoms with Gasteiger partial charge in [0.15, 0.2) is 0 Å². The highest BCUT2D eigenvalue weighted by atomic mass is 19.4. The lowest BCUT2D eigenvalue weighted by atomic mass is 9.96. The van der Waals surface area contributed by atoms with Gasteiger partial charge in [-0.05, 0) is 57.5 Å². The van der Waals surface area contributed by atoms with Crippen LogP contribution in [0.4, 0.5) is 24.5 Å². The van der Waals surface area contributed by atoms with Crippen LogP contribution in [0.25, 0.3) is 0 Å². The first-order valence-electron chi connectivity index (χ1n) is 14.0. The maximum atomic E-state index is 14.0. The summed E-state index contributed by atoms with van der Waals surface area (Å²) < 4.78 is 48.2. The average Bonchev–Trinajstić information content (AvgIpc) is 3.38. The molecule has 1 atom stereocenters. The van der Waals surface area contributed by atoms with Crippen LogP contribution in [0.3, 0.4) is 0 Å². The molecule has 0 bridgehead atoms. The molecule has 1 aromatic carbocycles. The highest BCUT2D eigenvalue weighted by Gasteiger charge is 2.38. The molecule has 41 heavy (non-hydrogen) atoms. The number of para-hydroxylation sites is 1. The second-order valence-corrected chi connectivity index (χ2v) is 10.9. The average molecular weight is 569 g/mol. The number of aromatic nitrogens is 1. The van der Waals surface area contributed by atoms with Crippen LogP contribution in [0.1, 0.15) is 40.8 Å². The number of likely N-dealkylation sites (N-methyl/N-ethyl adjacent to an activating group) is 1. The van der Waals surface area contributed by atoms with Crippen molar-refractivity contribution in [3.8, 4) is 11.9 Å². The summed E-state index contributed by atoms with van der Waals surface area (Å²) in [4.78, 5) is 24.7. The van der Waals surface area contributed by atoms with Gasteiger partial charge in [-0.1, -0.05) is 18.7 Å². The topological polar surface area (TPSA) is 75.9 Å². The zero-order valence-electron chi connectivity index (χ0n) is 23.5. The Kier molecular flexibility index (Phi) is 8.13. The number of hydrogen-bond donors (Lipinski definition) is 0. The van der Waals surface area contributed by atoms with E-state index in [2.05, 4.69) is 22.4 Å². The first-order chi connectivity index (χ1) is 19.6. The van der Waals surface area contributed by atoms with Crippen LogP contribution in [0.5, 0.6) is 5.88 Å². The van der Waals surface area contributed by atoms with Crippen LogP contribution >= 0.6 is 0 Å². The Hall–Kier alpha value is -3.78. The van der Waals surface area contributed by atoms with Gasteiger partial charge in [0.05, 0.1) is 29.2 Å². The van der Waals surface area contributed by atoms with E-state index in [4.69, 9.17) is 9.72 Å². The third-order valence-corrected chi connectivity index (χ3v) is 8.43. The smallest absolute Gasteiger partial charge is 0.418 e. The lowest BCUT2D eigenvalue weighted by Crippen LogP contribution is -2.49. The van der Waals surface area contributed by atoms with Crippen molar-refractivity contribution in [2.75, 3.05) is 62.7 Å². The molecule has 0 spiro atoms. The number of benzene rings is 1. The van der Waals surface area contributed by atoms with E-state index in [9.17, 15) is 23.2 Å². The second-order valence-electron chi connectivity index (χ2n) is 10.9. The van der Waals surface area contributed by atoms with Crippen molar-refractivity contribution in [2.45, 2.75) is 44.9 Å². The molecule has 1 amide bonds. The van der Waals surface area contributed by atoms with E-state index < -0.39 is 11.7 Å². The van der Waals surface area contributed by atoms with Crippen molar-refractivity contribution < 1.29 is 22.7 Å². The lowest BCUT2D eigenvalue weighted by molar-refractivity contribution is -0.137. The molecule has 3 aliphatic heterocycles. The number of carbonyl (C=O) groups is 1. The van der Waals surface area contributed by atoms with Gasteiger partial charge < -0.3 is 24.3 Å². The number of alkyl halides is 3. The number of fused-ring (bicyclic) bond motifs is 1. The van der Waals surface area contributed by atoms with Crippen molar-refractivity contribution in [1.82, 2.24) is 14.8 Å². The summed E-state index contributed by atoms with van der Waals surface area (Å²) >= 11 is 0. The van der Waals surface area contributed by atoms with Crippen LogP contribution in [0.15, 0.2) is 30.9 Å². The number of halogens is 3. The van der Waals surface area contributed by atoms with Crippen LogP contribution < -0.4 is 14.5 Å². The van der Waals surface area contributed by atoms with Crippen molar-refractivity contribution in [2.24, 2.45) is 0 Å². The molecule has 0 aliphatic carbocycles. The van der Waals surface area contributed by atoms with Gasteiger partial charge in [-0.3, -0.25) is 4.79 Å². The summed E-state index contributed by atoms with van der Waals surface area (Å²) in [6.45, 7) is 9.09. The number of pyridine rings is 1. The number of nitrogens with zero attached hydrogens (tertiary/aromatic N) is 6. The molecule has 4 heterocycles. The van der Waals surface area contributed by atoms with Crippen molar-refractivity contribution >= 4 is 17.3 Å². The molecule has 3 aliphatic rings. The first kappa shape index (κ1) is 28.7. The Morgan fingerprint density at radius 2 is 1.93 bits per heavy atom. The number of carbonyl (C=O) groups excluding carboxylic acids is 1. The molecule has 1 aromatic heterocycles. The van der Waals surface area contributed by atoms with Gasteiger partial charge in [0.1, 0.15) is 18.2 Å². The standard InChI is InChI=1S/C30H35F3N6O2/c1-4-26(40)37-13-15-38(16-14-37)28-22-10-12-39(27-20(2)7-5-9-24(27)30(31,32)33)18-25(22)35-29(23(28)17-34)41-19-21-8-6-11-36(21)3/h4-5,7,9,21H,1,6,8,10-16,18-19H2,2-3H3. The predicted octanol–water partition coefficient (Wildman–Crippen LogP) is 4.15. The summed E-state index contributed by atoms with van der Waals surface area (Å²) in [7, 11) is 2.04. The van der Waals surface area contributed by atoms with Crippen LogP contribution in [0, 0.1) is 18.3 Å². The SMILES string of the molecule is C=CC(=O)N1CCN(c2c(C#N)c(OCC3CCCN3C)nc3c2CCN(c2c(C)cccc2C(F)(F)F)C3)CC1. The number of amides is 1. The van der Waals surface area contributed by atoms with Crippen molar-refractivity contribution in [1.29, 1.82) is 5.26 Å². The van der Waals surface area contributed by atoms with E-state index in [-0.39, 0.29) is 30.1 Å². The van der Waals surface area contributed by atoms with E-state index in [0.717, 1.165) is 36.7 Å². The summed E-state index contributed by atoms with van der Waals surface area (Å²) in [5, 5.41) is 10.3. The number of piperazine rings is 1. The van der Waals surface area contributed by atoms with E-state index in [1.54, 1.807) is 22.8 Å². The number of aryl methyl sites for hydroxylation is 1. The Morgan fingerprint density at radius 3 is 2.56 bits per heavy atom. The van der Waals surface area contributed by atoms with Gasteiger partial charge in [-0.15, -0.1) is 0 Å². The molecular formula is C30H35F3N6O2. The van der Waals surface area contributed by atoms with Gasteiger partial charge in [-0.2, -0.15) is 18.4 Å². The number of hydrogen-bond acceptors (Lipinski definition) is 7. The highest BCUT2D eigenvalue weighted by Crippen LogP contribution is 2.42. The fourth-order valence-electron chi connectivity index (χ4n) is 6.23. The maximum Gasteiger partial charge on any atom is 0.418 e. The van der Waals surface area contributed by atoms with E-state index in [1.807, 2.05) is 7.05 Å². The second kappa shape index (κ2) is 11.6. The Bertz CT molecular complexity index is 1360. The third kappa shape index (κ3) is 5.71. The summed E-state index contributed by atoms with van der Waals surface area (Å²) in [5.74, 6) is 0.0785. The van der Waals surface area contributed by atoms with Gasteiger partial charge in [0, 0.05) is 44.3 Å². The summed E-state index contributed by atoms with van der Waals surface area (Å²) in [6, 6.07) is 6.76. The van der Waals surface area contributed by atoms with E-state index >= 15 is 0 Å². The Morgan fingerprint density at radius 1 is 1.17 bits per heavy atom. The highest BCUT2D eigenvalue weighted by molar-refractivity contribution is 5.87. The van der Waals surface area contributed by atoms with Gasteiger partial charge >= 0.3 is 6.18 Å². The summed E-state index contributed by atoms with van der Waals surface area (Å²) in [5.41, 5.74) is 2.56. The number of ether oxygens (including phenoxy) is 1. The van der Waals surface area contributed by atoms with E-state index in [0.29, 0.717) is 62.6 Å². The largest absolute Gasteiger partial charge is 0.475 e. The Labute approximate surface area is 238 Å². The molecule has 0 N–H and O–H groups in total. The minimum atomic E-state index is -4.49. The minimum Gasteiger partial charge on any atom is -0.475 e. The quantitative estimate of drug-likeness (QED) is 0.485. The molecule has 11 heteroatoms. The van der Waals surface area contributed by atoms with Crippen molar-refractivity contribution in [3.63, 3.8) is 0 Å². The zero-order valence-corrected chi connectivity index (χ0v) is 23.5. The molecule has 8 nitrogen and oxygen atoms in total. The molecule has 0 saturated carbocycles. The van der Waals surface area contributed by atoms with Crippen LogP contribution in [0.2, 0.25) is 0 Å². The molecule has 2 aromatic rings. The maximum absolute atomic E-state index is 14.0. The molecule has 2 fully saturated rings. The molecule has 0 radical (unpaired) electrons. The molecule has 1 unspecified atom stereocenters. The lowest BCUT2D eigenvalue weighted by Gasteiger charge is -2.39. The third-order valence-electron chi connectivity index (χ3n) is 8.43. The van der Waals surface area contributed by atoms with Gasteiger partial charge in [0.25, 0.3) is 0 Å². The predicted molar refractivity (Wildman–Crippen MR) is 150 cm³/mol. The van der Waals surface area contributed by atoms with Crippen molar-refractivity contribution in [3.05, 3.63) is 58.8 Å². The van der Waals surface area contributed by atoms with E-state index in [1.165, 1.54) is 12.1 Å². The zero-order chi connectivity index (χ0) is 29.3. The number of likely N-dealkylation sites (tertiary alicyclic amines) is 1. The number of rotatable bonds is 6. The fourth-order valence-corrected chi connectivity index (χ4v) is 6.23. The van der Waals surface area contributed by atoms with Crippen LogP contribution in [-0.2, 0) is 23.9 Å². The fraction of sp³-hybridized carbons (Fsp3) is 0.500. The monoisotopic (exact) mass is 568 g/mol. The van der Waals surface area contributed by atoms with Gasteiger partial charge in [-0.25, -0.2) is 4.98 Å². The minimum absolute atomic E-state index is 0.138. The summed E-state index contributed by atoms with van der Waals surface area (Å²) in [6.07, 6.45) is -0.716. The molecule has 5 rings (SSSR count). The molecule has 2 saturated heterocycles. The van der Waals surface area contributed by atoms with Gasteiger partial charge in [0.2, 0.25) is 11.8 Å². The van der Waals surface area contributed by atoms with Crippen LogP contribution in [-0.4, -0.2) is 79.7 Å². The molecule has 218 valence electrons. The number of anilines is 2. The Balaban J connectivity index is 1.53.